The number of nitrogens with two attached hydrogens (primary N) is 1. The van der Waals surface area contributed by atoms with Gasteiger partial charge in [-0.1, -0.05) is 42.1 Å². The Morgan fingerprint density at radius 3 is 2.74 bits per heavy atom. The van der Waals surface area contributed by atoms with E-state index >= 15 is 0 Å². The van der Waals surface area contributed by atoms with Gasteiger partial charge in [0.1, 0.15) is 5.82 Å². The Bertz CT molecular complexity index is 917. The first kappa shape index (κ1) is 19.1. The summed E-state index contributed by atoms with van der Waals surface area (Å²) in [6.45, 7) is 2.17. The zero-order chi connectivity index (χ0) is 19.4. The van der Waals surface area contributed by atoms with Crippen molar-refractivity contribution in [2.75, 3.05) is 10.7 Å². The molecule has 1 aliphatic heterocycles. The van der Waals surface area contributed by atoms with E-state index in [1.54, 1.807) is 18.2 Å². The third kappa shape index (κ3) is 4.53. The first-order valence-electron chi connectivity index (χ1n) is 8.20. The van der Waals surface area contributed by atoms with Crippen molar-refractivity contribution in [1.82, 2.24) is 0 Å². The molecule has 3 rings (SSSR count). The van der Waals surface area contributed by atoms with Gasteiger partial charge in [0, 0.05) is 11.1 Å². The fourth-order valence-corrected chi connectivity index (χ4v) is 3.53. The van der Waals surface area contributed by atoms with Crippen LogP contribution in [0.25, 0.3) is 0 Å². The summed E-state index contributed by atoms with van der Waals surface area (Å²) in [6, 6.07) is 11.1. The zero-order valence-corrected chi connectivity index (χ0v) is 15.5. The Labute approximate surface area is 160 Å². The molecule has 8 heteroatoms. The van der Waals surface area contributed by atoms with Crippen LogP contribution in [0, 0.1) is 12.7 Å². The summed E-state index contributed by atoms with van der Waals surface area (Å²) in [5.41, 5.74) is 7.85. The normalized spacial score (nSPS) is 15.6. The topological polar surface area (TPSA) is 85.0 Å². The number of carbonyl (C=O) groups excluding carboxylic acids is 2. The molecule has 0 atom stereocenters. The van der Waals surface area contributed by atoms with E-state index in [1.165, 1.54) is 11.0 Å². The van der Waals surface area contributed by atoms with E-state index in [2.05, 4.69) is 4.99 Å². The van der Waals surface area contributed by atoms with E-state index in [0.717, 1.165) is 22.9 Å². The van der Waals surface area contributed by atoms with Crippen molar-refractivity contribution in [3.8, 4) is 0 Å². The van der Waals surface area contributed by atoms with Crippen molar-refractivity contribution >= 4 is 34.6 Å². The second kappa shape index (κ2) is 8.32. The number of hydrogen-bond acceptors (Lipinski definition) is 4. The molecular weight excluding hydrogens is 369 g/mol. The first-order valence-corrected chi connectivity index (χ1v) is 9.19. The Morgan fingerprint density at radius 2 is 2.00 bits per heavy atom. The maximum atomic E-state index is 13.7. The molecule has 6 nitrogen and oxygen atoms in total. The molecule has 0 aliphatic carbocycles. The highest BCUT2D eigenvalue weighted by molar-refractivity contribution is 8.15. The molecule has 1 saturated heterocycles. The smallest absolute Gasteiger partial charge is 0.340 e. The molecule has 140 valence electrons. The second-order valence-electron chi connectivity index (χ2n) is 5.97. The molecule has 27 heavy (non-hydrogen) atoms. The van der Waals surface area contributed by atoms with Crippen LogP contribution < -0.4 is 10.6 Å². The standard InChI is InChI=1S/C19H18FN3O3S/c1-12-6-7-14(10-26-9-13-4-2-3-5-15(13)20)16(8-12)23-17(24)11-27-19(23)22-18(21)25/h2-8H,9-11H2,1H3,(H2,21,25). The van der Waals surface area contributed by atoms with Crippen LogP contribution in [0.3, 0.4) is 0 Å². The molecular formula is C19H18FN3O3S. The molecule has 0 bridgehead atoms. The molecule has 1 heterocycles. The van der Waals surface area contributed by atoms with Crippen LogP contribution in [-0.4, -0.2) is 22.9 Å². The summed E-state index contributed by atoms with van der Waals surface area (Å²) in [5, 5.41) is 0.244. The number of aryl methyl sites for hydroxylation is 1. The van der Waals surface area contributed by atoms with E-state index in [-0.39, 0.29) is 35.9 Å². The van der Waals surface area contributed by atoms with E-state index in [1.807, 2.05) is 25.1 Å². The Balaban J connectivity index is 1.84. The van der Waals surface area contributed by atoms with Crippen LogP contribution in [-0.2, 0) is 22.7 Å². The fourth-order valence-electron chi connectivity index (χ4n) is 2.67. The maximum Gasteiger partial charge on any atom is 0.340 e. The maximum absolute atomic E-state index is 13.7. The highest BCUT2D eigenvalue weighted by atomic mass is 32.2. The summed E-state index contributed by atoms with van der Waals surface area (Å²) >= 11 is 1.15. The monoisotopic (exact) mass is 387 g/mol. The molecule has 2 aromatic carbocycles. The Kier molecular flexibility index (Phi) is 5.88. The number of anilines is 1. The summed E-state index contributed by atoms with van der Waals surface area (Å²) in [5.74, 6) is -0.347. The molecule has 1 aliphatic rings. The number of halogens is 1. The van der Waals surface area contributed by atoms with Crippen LogP contribution in [0.5, 0.6) is 0 Å². The number of rotatable bonds is 5. The Hall–Kier alpha value is -2.71. The highest BCUT2D eigenvalue weighted by Crippen LogP contribution is 2.31. The number of amides is 3. The lowest BCUT2D eigenvalue weighted by molar-refractivity contribution is -0.115. The summed E-state index contributed by atoms with van der Waals surface area (Å²) in [6.07, 6.45) is 0. The van der Waals surface area contributed by atoms with Crippen LogP contribution in [0.1, 0.15) is 16.7 Å². The average Bonchev–Trinajstić information content (AvgIpc) is 2.97. The minimum absolute atomic E-state index is 0.102. The van der Waals surface area contributed by atoms with Crippen molar-refractivity contribution in [2.45, 2.75) is 20.1 Å². The number of aliphatic imine (C=N–C) groups is 1. The van der Waals surface area contributed by atoms with Gasteiger partial charge < -0.3 is 10.5 Å². The van der Waals surface area contributed by atoms with Gasteiger partial charge in [0.05, 0.1) is 24.7 Å². The van der Waals surface area contributed by atoms with E-state index in [4.69, 9.17) is 10.5 Å². The van der Waals surface area contributed by atoms with Crippen LogP contribution >= 0.6 is 11.8 Å². The minimum Gasteiger partial charge on any atom is -0.372 e. The number of carbonyl (C=O) groups is 2. The minimum atomic E-state index is -0.859. The molecule has 0 radical (unpaired) electrons. The molecule has 2 N–H and O–H groups in total. The van der Waals surface area contributed by atoms with Gasteiger partial charge in [-0.3, -0.25) is 9.69 Å². The molecule has 2 aromatic rings. The van der Waals surface area contributed by atoms with E-state index in [9.17, 15) is 14.0 Å². The van der Waals surface area contributed by atoms with Crippen molar-refractivity contribution in [3.63, 3.8) is 0 Å². The van der Waals surface area contributed by atoms with Gasteiger partial charge in [-0.05, 0) is 24.6 Å². The first-order chi connectivity index (χ1) is 13.0. The van der Waals surface area contributed by atoms with Crippen molar-refractivity contribution < 1.29 is 18.7 Å². The number of benzene rings is 2. The van der Waals surface area contributed by atoms with Gasteiger partial charge in [0.25, 0.3) is 0 Å². The number of ether oxygens (including phenoxy) is 1. The van der Waals surface area contributed by atoms with Gasteiger partial charge in [-0.15, -0.1) is 0 Å². The lowest BCUT2D eigenvalue weighted by Gasteiger charge is -2.20. The third-order valence-corrected chi connectivity index (χ3v) is 4.85. The number of nitrogens with zero attached hydrogens (tertiary/aromatic N) is 2. The second-order valence-corrected chi connectivity index (χ2v) is 6.91. The number of amidine groups is 1. The van der Waals surface area contributed by atoms with Crippen molar-refractivity contribution in [2.24, 2.45) is 10.7 Å². The molecule has 0 aromatic heterocycles. The zero-order valence-electron chi connectivity index (χ0n) is 14.6. The van der Waals surface area contributed by atoms with E-state index in [0.29, 0.717) is 11.3 Å². The number of thioether (sulfide) groups is 1. The number of hydrogen-bond donors (Lipinski definition) is 1. The van der Waals surface area contributed by atoms with Crippen molar-refractivity contribution in [1.29, 1.82) is 0 Å². The van der Waals surface area contributed by atoms with E-state index < -0.39 is 6.03 Å². The van der Waals surface area contributed by atoms with Crippen molar-refractivity contribution in [3.05, 3.63) is 65.0 Å². The van der Waals surface area contributed by atoms with Gasteiger partial charge >= 0.3 is 6.03 Å². The summed E-state index contributed by atoms with van der Waals surface area (Å²) in [7, 11) is 0. The van der Waals surface area contributed by atoms with Crippen LogP contribution in [0.2, 0.25) is 0 Å². The largest absolute Gasteiger partial charge is 0.372 e. The quantitative estimate of drug-likeness (QED) is 0.852. The molecule has 1 fully saturated rings. The van der Waals surface area contributed by atoms with Gasteiger partial charge in [0.15, 0.2) is 5.17 Å². The highest BCUT2D eigenvalue weighted by Gasteiger charge is 2.31. The fraction of sp³-hybridized carbons (Fsp3) is 0.211. The SMILES string of the molecule is Cc1ccc(COCc2ccccc2F)c(N2C(=O)CSC2=NC(N)=O)c1. The summed E-state index contributed by atoms with van der Waals surface area (Å²) < 4.78 is 19.4. The predicted molar refractivity (Wildman–Crippen MR) is 103 cm³/mol. The molecule has 0 unspecified atom stereocenters. The Morgan fingerprint density at radius 1 is 1.26 bits per heavy atom. The number of primary amides is 1. The van der Waals surface area contributed by atoms with Gasteiger partial charge in [-0.2, -0.15) is 4.99 Å². The lowest BCUT2D eigenvalue weighted by atomic mass is 10.1. The summed E-state index contributed by atoms with van der Waals surface area (Å²) in [4.78, 5) is 28.6. The predicted octanol–water partition coefficient (Wildman–Crippen LogP) is 3.37. The number of urea groups is 1. The van der Waals surface area contributed by atoms with Crippen LogP contribution in [0.15, 0.2) is 47.5 Å². The molecule has 3 amide bonds. The van der Waals surface area contributed by atoms with Crippen LogP contribution in [0.4, 0.5) is 14.9 Å². The average molecular weight is 387 g/mol. The van der Waals surface area contributed by atoms with Gasteiger partial charge in [-0.25, -0.2) is 9.18 Å². The molecule has 0 spiro atoms. The lowest BCUT2D eigenvalue weighted by Crippen LogP contribution is -2.31. The molecule has 0 saturated carbocycles. The van der Waals surface area contributed by atoms with Gasteiger partial charge in [0.2, 0.25) is 5.91 Å². The third-order valence-electron chi connectivity index (χ3n) is 3.93.